The summed E-state index contributed by atoms with van der Waals surface area (Å²) in [4.78, 5) is 10.9. The number of hydrogen-bond acceptors (Lipinski definition) is 2. The van der Waals surface area contributed by atoms with Crippen LogP contribution in [0.15, 0.2) is 18.2 Å². The van der Waals surface area contributed by atoms with E-state index in [-0.39, 0.29) is 5.97 Å². The van der Waals surface area contributed by atoms with Crippen molar-refractivity contribution in [2.45, 2.75) is 40.5 Å². The molecule has 0 bridgehead atoms. The van der Waals surface area contributed by atoms with Gasteiger partial charge in [-0.25, -0.2) is 0 Å². The molecule has 0 aliphatic carbocycles. The van der Waals surface area contributed by atoms with Crippen molar-refractivity contribution in [3.8, 4) is 5.75 Å². The van der Waals surface area contributed by atoms with Crippen LogP contribution < -0.4 is 4.74 Å². The lowest BCUT2D eigenvalue weighted by atomic mass is 9.95. The van der Waals surface area contributed by atoms with Crippen molar-refractivity contribution in [3.63, 3.8) is 0 Å². The first kappa shape index (κ1) is 12.8. The molecule has 0 N–H and O–H groups in total. The topological polar surface area (TPSA) is 26.3 Å². The Bertz CT molecular complexity index is 352. The van der Waals surface area contributed by atoms with Crippen LogP contribution in [0.4, 0.5) is 0 Å². The molecule has 1 radical (unpaired) electrons. The first-order valence-corrected chi connectivity index (χ1v) is 5.54. The zero-order valence-electron chi connectivity index (χ0n) is 10.6. The van der Waals surface area contributed by atoms with E-state index >= 15 is 0 Å². The van der Waals surface area contributed by atoms with E-state index in [0.29, 0.717) is 11.7 Å². The second-order valence-electron chi connectivity index (χ2n) is 4.54. The standard InChI is InChI=1S/C14H19O2/c1-9(2)12-6-13(10(3)4)8-14(7-12)16-11(5)15/h6-9H,1-5H3. The number of esters is 1. The lowest BCUT2D eigenvalue weighted by Crippen LogP contribution is -2.03. The summed E-state index contributed by atoms with van der Waals surface area (Å²) in [5.41, 5.74) is 2.32. The smallest absolute Gasteiger partial charge is 0.308 e. The predicted molar refractivity (Wildman–Crippen MR) is 65.5 cm³/mol. The largest absolute Gasteiger partial charge is 0.427 e. The summed E-state index contributed by atoms with van der Waals surface area (Å²) in [5.74, 6) is 2.00. The van der Waals surface area contributed by atoms with Crippen molar-refractivity contribution in [2.75, 3.05) is 0 Å². The van der Waals surface area contributed by atoms with E-state index in [4.69, 9.17) is 4.74 Å². The van der Waals surface area contributed by atoms with Gasteiger partial charge in [0.2, 0.25) is 0 Å². The van der Waals surface area contributed by atoms with Crippen LogP contribution in [0.1, 0.15) is 51.7 Å². The Labute approximate surface area is 97.6 Å². The van der Waals surface area contributed by atoms with Crippen molar-refractivity contribution in [1.82, 2.24) is 0 Å². The second kappa shape index (κ2) is 5.15. The summed E-state index contributed by atoms with van der Waals surface area (Å²) in [6.07, 6.45) is 0. The molecular formula is C14H19O2. The Morgan fingerprint density at radius 1 is 1.12 bits per heavy atom. The molecule has 0 spiro atoms. The zero-order valence-corrected chi connectivity index (χ0v) is 10.6. The Balaban J connectivity index is 3.13. The summed E-state index contributed by atoms with van der Waals surface area (Å²) >= 11 is 0. The minimum absolute atomic E-state index is 0.277. The highest BCUT2D eigenvalue weighted by atomic mass is 16.5. The van der Waals surface area contributed by atoms with Crippen LogP contribution >= 0.6 is 0 Å². The van der Waals surface area contributed by atoms with Gasteiger partial charge >= 0.3 is 5.97 Å². The molecule has 0 atom stereocenters. The fraction of sp³-hybridized carbons (Fsp3) is 0.429. The Morgan fingerprint density at radius 3 is 2.19 bits per heavy atom. The molecule has 0 amide bonds. The molecule has 1 aromatic rings. The normalized spacial score (nSPS) is 10.9. The average molecular weight is 219 g/mol. The summed E-state index contributed by atoms with van der Waals surface area (Å²) in [6, 6.07) is 5.98. The van der Waals surface area contributed by atoms with E-state index in [1.54, 1.807) is 0 Å². The van der Waals surface area contributed by atoms with Crippen LogP contribution in [0.3, 0.4) is 0 Å². The highest BCUT2D eigenvalue weighted by molar-refractivity contribution is 5.69. The average Bonchev–Trinajstić information content (AvgIpc) is 2.15. The zero-order chi connectivity index (χ0) is 12.3. The lowest BCUT2D eigenvalue weighted by molar-refractivity contribution is -0.131. The van der Waals surface area contributed by atoms with Crippen LogP contribution in [0.25, 0.3) is 0 Å². The first-order valence-electron chi connectivity index (χ1n) is 5.54. The van der Waals surface area contributed by atoms with E-state index in [9.17, 15) is 4.79 Å². The SMILES string of the molecule is C[C](C)c1cc(OC(C)=O)cc(C(C)C)c1. The number of ether oxygens (including phenoxy) is 1. The summed E-state index contributed by atoms with van der Waals surface area (Å²) in [5, 5.41) is 0. The first-order chi connectivity index (χ1) is 7.40. The highest BCUT2D eigenvalue weighted by Gasteiger charge is 2.09. The Morgan fingerprint density at radius 2 is 1.75 bits per heavy atom. The third-order valence-electron chi connectivity index (χ3n) is 2.43. The molecule has 0 unspecified atom stereocenters. The van der Waals surface area contributed by atoms with Crippen molar-refractivity contribution in [1.29, 1.82) is 0 Å². The third kappa shape index (κ3) is 3.37. The molecule has 0 fully saturated rings. The Hall–Kier alpha value is -1.31. The molecule has 0 aliphatic rings. The van der Waals surface area contributed by atoms with Gasteiger partial charge in [-0.2, -0.15) is 0 Å². The van der Waals surface area contributed by atoms with Crippen LogP contribution in [0.2, 0.25) is 0 Å². The second-order valence-corrected chi connectivity index (χ2v) is 4.54. The summed E-state index contributed by atoms with van der Waals surface area (Å²) in [6.45, 7) is 9.78. The maximum absolute atomic E-state index is 10.9. The molecule has 2 heteroatoms. The lowest BCUT2D eigenvalue weighted by Gasteiger charge is -2.13. The van der Waals surface area contributed by atoms with E-state index in [1.807, 2.05) is 12.1 Å². The van der Waals surface area contributed by atoms with Crippen LogP contribution in [-0.2, 0) is 4.79 Å². The maximum atomic E-state index is 10.9. The summed E-state index contributed by atoms with van der Waals surface area (Å²) < 4.78 is 5.14. The molecule has 1 rings (SSSR count). The van der Waals surface area contributed by atoms with Gasteiger partial charge in [0, 0.05) is 6.92 Å². The molecule has 16 heavy (non-hydrogen) atoms. The third-order valence-corrected chi connectivity index (χ3v) is 2.43. The molecule has 0 aliphatic heterocycles. The molecule has 2 nitrogen and oxygen atoms in total. The minimum Gasteiger partial charge on any atom is -0.427 e. The number of carbonyl (C=O) groups is 1. The van der Waals surface area contributed by atoms with Gasteiger partial charge in [-0.05, 0) is 35.1 Å². The van der Waals surface area contributed by atoms with Gasteiger partial charge in [0.1, 0.15) is 5.75 Å². The van der Waals surface area contributed by atoms with Crippen molar-refractivity contribution >= 4 is 5.97 Å². The van der Waals surface area contributed by atoms with E-state index in [2.05, 4.69) is 33.8 Å². The molecule has 0 aromatic heterocycles. The van der Waals surface area contributed by atoms with Gasteiger partial charge in [0.05, 0.1) is 0 Å². The van der Waals surface area contributed by atoms with E-state index in [1.165, 1.54) is 18.4 Å². The maximum Gasteiger partial charge on any atom is 0.308 e. The van der Waals surface area contributed by atoms with E-state index in [0.717, 1.165) is 5.56 Å². The number of hydrogen-bond donors (Lipinski definition) is 0. The molecule has 0 saturated carbocycles. The predicted octanol–water partition coefficient (Wildman–Crippen LogP) is 3.70. The molecule has 0 saturated heterocycles. The minimum atomic E-state index is -0.277. The van der Waals surface area contributed by atoms with Gasteiger partial charge in [0.25, 0.3) is 0 Å². The number of rotatable bonds is 3. The molecule has 0 heterocycles. The summed E-state index contributed by atoms with van der Waals surface area (Å²) in [7, 11) is 0. The van der Waals surface area contributed by atoms with Gasteiger partial charge in [-0.15, -0.1) is 0 Å². The number of benzene rings is 1. The Kier molecular flexibility index (Phi) is 4.11. The molecule has 1 aromatic carbocycles. The van der Waals surface area contributed by atoms with Crippen molar-refractivity contribution in [3.05, 3.63) is 35.2 Å². The van der Waals surface area contributed by atoms with E-state index < -0.39 is 0 Å². The van der Waals surface area contributed by atoms with Gasteiger partial charge < -0.3 is 4.74 Å². The number of carbonyl (C=O) groups excluding carboxylic acids is 1. The quantitative estimate of drug-likeness (QED) is 0.572. The monoisotopic (exact) mass is 219 g/mol. The van der Waals surface area contributed by atoms with Crippen LogP contribution in [-0.4, -0.2) is 5.97 Å². The van der Waals surface area contributed by atoms with Crippen LogP contribution in [0.5, 0.6) is 5.75 Å². The highest BCUT2D eigenvalue weighted by Crippen LogP contribution is 2.26. The molecule has 87 valence electrons. The van der Waals surface area contributed by atoms with Gasteiger partial charge in [-0.3, -0.25) is 4.79 Å². The van der Waals surface area contributed by atoms with Crippen molar-refractivity contribution < 1.29 is 9.53 Å². The van der Waals surface area contributed by atoms with Gasteiger partial charge in [-0.1, -0.05) is 33.8 Å². The molecular weight excluding hydrogens is 200 g/mol. The van der Waals surface area contributed by atoms with Crippen molar-refractivity contribution in [2.24, 2.45) is 0 Å². The fourth-order valence-corrected chi connectivity index (χ4v) is 1.47. The van der Waals surface area contributed by atoms with Crippen LogP contribution in [0, 0.1) is 5.92 Å². The fourth-order valence-electron chi connectivity index (χ4n) is 1.47. The van der Waals surface area contributed by atoms with Gasteiger partial charge in [0.15, 0.2) is 0 Å².